The lowest BCUT2D eigenvalue weighted by Crippen LogP contribution is -2.45. The van der Waals surface area contributed by atoms with E-state index >= 15 is 0 Å². The lowest BCUT2D eigenvalue weighted by Gasteiger charge is -2.33. The van der Waals surface area contributed by atoms with Gasteiger partial charge >= 0.3 is 0 Å². The van der Waals surface area contributed by atoms with Crippen LogP contribution in [0, 0.1) is 17.2 Å². The van der Waals surface area contributed by atoms with Gasteiger partial charge in [-0.3, -0.25) is 4.79 Å². The highest BCUT2D eigenvalue weighted by Crippen LogP contribution is 2.31. The number of hydrogen-bond acceptors (Lipinski definition) is 4. The molecule has 0 saturated carbocycles. The first kappa shape index (κ1) is 17.7. The third kappa shape index (κ3) is 3.44. The Morgan fingerprint density at radius 1 is 1.22 bits per heavy atom. The molecule has 2 saturated heterocycles. The molecule has 1 amide bonds. The predicted octanol–water partition coefficient (Wildman–Crippen LogP) is 3.19. The number of carbonyl (C=O) groups is 1. The minimum atomic E-state index is -2.65. The van der Waals surface area contributed by atoms with Crippen molar-refractivity contribution in [3.05, 3.63) is 35.9 Å². The van der Waals surface area contributed by atoms with Crippen LogP contribution < -0.4 is 4.90 Å². The monoisotopic (exact) mass is 370 g/mol. The summed E-state index contributed by atoms with van der Waals surface area (Å²) < 4.78 is 26.6. The Labute approximate surface area is 156 Å². The number of nitrogens with zero attached hydrogens (tertiary/aromatic N) is 4. The summed E-state index contributed by atoms with van der Waals surface area (Å²) in [6, 6.07) is 11.5. The zero-order valence-electron chi connectivity index (χ0n) is 14.9. The van der Waals surface area contributed by atoms with Crippen LogP contribution in [0.1, 0.15) is 24.8 Å². The van der Waals surface area contributed by atoms with Gasteiger partial charge in [0, 0.05) is 44.4 Å². The fourth-order valence-corrected chi connectivity index (χ4v) is 3.90. The van der Waals surface area contributed by atoms with Crippen LogP contribution in [0.3, 0.4) is 0 Å². The normalized spacial score (nSPS) is 22.0. The first-order valence-electron chi connectivity index (χ1n) is 9.18. The van der Waals surface area contributed by atoms with Gasteiger partial charge in [0.2, 0.25) is 5.91 Å². The smallest absolute Gasteiger partial charge is 0.251 e. The molecule has 7 heteroatoms. The predicted molar refractivity (Wildman–Crippen MR) is 97.5 cm³/mol. The fraction of sp³-hybridized carbons (Fsp3) is 0.450. The van der Waals surface area contributed by atoms with E-state index in [0.29, 0.717) is 30.9 Å². The number of anilines is 1. The van der Waals surface area contributed by atoms with E-state index in [1.165, 1.54) is 0 Å². The van der Waals surface area contributed by atoms with Crippen molar-refractivity contribution in [2.24, 2.45) is 5.92 Å². The number of aromatic nitrogens is 1. The number of pyridine rings is 1. The number of hydrogen-bond donors (Lipinski definition) is 0. The van der Waals surface area contributed by atoms with Crippen LogP contribution in [0.15, 0.2) is 30.3 Å². The first-order chi connectivity index (χ1) is 13.0. The maximum atomic E-state index is 13.3. The molecule has 3 heterocycles. The van der Waals surface area contributed by atoms with Crippen molar-refractivity contribution in [2.75, 3.05) is 31.1 Å². The third-order valence-electron chi connectivity index (χ3n) is 5.49. The molecule has 4 rings (SSSR count). The van der Waals surface area contributed by atoms with Crippen molar-refractivity contribution < 1.29 is 13.6 Å². The second-order valence-corrected chi connectivity index (χ2v) is 7.27. The maximum absolute atomic E-state index is 13.3. The largest absolute Gasteiger partial charge is 0.356 e. The minimum Gasteiger partial charge on any atom is -0.356 e. The zero-order chi connectivity index (χ0) is 19.0. The Morgan fingerprint density at radius 2 is 1.96 bits per heavy atom. The van der Waals surface area contributed by atoms with E-state index in [2.05, 4.69) is 11.1 Å². The van der Waals surface area contributed by atoms with E-state index in [1.54, 1.807) is 11.0 Å². The summed E-state index contributed by atoms with van der Waals surface area (Å²) in [6.45, 7) is 1.41. The lowest BCUT2D eigenvalue weighted by atomic mass is 10.0. The Hall–Kier alpha value is -2.75. The Balaban J connectivity index is 1.49. The van der Waals surface area contributed by atoms with Crippen LogP contribution in [0.2, 0.25) is 0 Å². The van der Waals surface area contributed by atoms with E-state index in [9.17, 15) is 18.8 Å². The second-order valence-electron chi connectivity index (χ2n) is 7.27. The van der Waals surface area contributed by atoms with E-state index in [1.807, 2.05) is 29.2 Å². The average molecular weight is 370 g/mol. The maximum Gasteiger partial charge on any atom is 0.251 e. The number of fused-ring (bicyclic) bond motifs is 1. The topological polar surface area (TPSA) is 60.2 Å². The molecule has 5 nitrogen and oxygen atoms in total. The summed E-state index contributed by atoms with van der Waals surface area (Å²) in [6.07, 6.45) is 0.155. The number of alkyl halides is 2. The third-order valence-corrected chi connectivity index (χ3v) is 5.49. The van der Waals surface area contributed by atoms with Crippen molar-refractivity contribution in [2.45, 2.75) is 25.2 Å². The molecule has 0 spiro atoms. The van der Waals surface area contributed by atoms with Gasteiger partial charge in [0.25, 0.3) is 5.92 Å². The van der Waals surface area contributed by atoms with Crippen LogP contribution in [0.25, 0.3) is 10.9 Å². The van der Waals surface area contributed by atoms with Crippen molar-refractivity contribution in [1.29, 1.82) is 5.26 Å². The number of likely N-dealkylation sites (tertiary alicyclic amines) is 1. The van der Waals surface area contributed by atoms with Gasteiger partial charge in [0.15, 0.2) is 0 Å². The molecule has 27 heavy (non-hydrogen) atoms. The van der Waals surface area contributed by atoms with Crippen molar-refractivity contribution >= 4 is 22.6 Å². The number of para-hydroxylation sites is 1. The summed E-state index contributed by atoms with van der Waals surface area (Å²) in [5, 5.41) is 10.2. The summed E-state index contributed by atoms with van der Waals surface area (Å²) in [4.78, 5) is 20.9. The van der Waals surface area contributed by atoms with Gasteiger partial charge in [-0.25, -0.2) is 13.8 Å². The first-order valence-corrected chi connectivity index (χ1v) is 9.18. The van der Waals surface area contributed by atoms with E-state index < -0.39 is 5.92 Å². The number of piperidine rings is 1. The standard InChI is InChI=1S/C20H20F2N4O/c21-20(22)6-9-25(10-7-20)19(27)14-5-8-26(13-14)18-11-15(12-23)16-3-1-2-4-17(16)24-18/h1-4,11,14H,5-10,13H2. The van der Waals surface area contributed by atoms with Gasteiger partial charge in [-0.15, -0.1) is 0 Å². The van der Waals surface area contributed by atoms with Crippen LogP contribution in [-0.4, -0.2) is 47.9 Å². The summed E-state index contributed by atoms with van der Waals surface area (Å²) >= 11 is 0. The molecule has 2 aromatic rings. The van der Waals surface area contributed by atoms with Crippen LogP contribution in [0.5, 0.6) is 0 Å². The Morgan fingerprint density at radius 3 is 2.70 bits per heavy atom. The van der Waals surface area contributed by atoms with Crippen molar-refractivity contribution in [3.63, 3.8) is 0 Å². The summed E-state index contributed by atoms with van der Waals surface area (Å²) in [7, 11) is 0. The van der Waals surface area contributed by atoms with Gasteiger partial charge in [0.1, 0.15) is 5.82 Å². The van der Waals surface area contributed by atoms with E-state index in [0.717, 1.165) is 10.9 Å². The van der Waals surface area contributed by atoms with Crippen LogP contribution in [-0.2, 0) is 4.79 Å². The highest BCUT2D eigenvalue weighted by molar-refractivity contribution is 5.87. The number of nitriles is 1. The molecule has 1 atom stereocenters. The molecule has 1 aromatic heterocycles. The zero-order valence-corrected chi connectivity index (χ0v) is 14.9. The summed E-state index contributed by atoms with van der Waals surface area (Å²) in [5.41, 5.74) is 1.31. The molecule has 1 unspecified atom stereocenters. The minimum absolute atomic E-state index is 0.0469. The van der Waals surface area contributed by atoms with Gasteiger partial charge in [0.05, 0.1) is 23.1 Å². The van der Waals surface area contributed by atoms with Crippen molar-refractivity contribution in [1.82, 2.24) is 9.88 Å². The van der Waals surface area contributed by atoms with Crippen LogP contribution in [0.4, 0.5) is 14.6 Å². The average Bonchev–Trinajstić information content (AvgIpc) is 3.17. The Kier molecular flexibility index (Phi) is 4.42. The summed E-state index contributed by atoms with van der Waals surface area (Å²) in [5.74, 6) is -2.23. The molecule has 0 N–H and O–H groups in total. The van der Waals surface area contributed by atoms with Gasteiger partial charge in [-0.2, -0.15) is 5.26 Å². The van der Waals surface area contributed by atoms with Gasteiger partial charge in [-0.05, 0) is 18.6 Å². The quantitative estimate of drug-likeness (QED) is 0.815. The number of halogens is 2. The molecule has 0 aliphatic carbocycles. The SMILES string of the molecule is N#Cc1cc(N2CCC(C(=O)N3CCC(F)(F)CC3)C2)nc2ccccc12. The number of rotatable bonds is 2. The number of carbonyl (C=O) groups excluding carboxylic acids is 1. The van der Waals surface area contributed by atoms with Crippen molar-refractivity contribution in [3.8, 4) is 6.07 Å². The molecular weight excluding hydrogens is 350 g/mol. The van der Waals surface area contributed by atoms with Crippen LogP contribution >= 0.6 is 0 Å². The number of amides is 1. The molecular formula is C20H20F2N4O. The number of benzene rings is 1. The lowest BCUT2D eigenvalue weighted by molar-refractivity contribution is -0.140. The highest BCUT2D eigenvalue weighted by atomic mass is 19.3. The van der Waals surface area contributed by atoms with Gasteiger partial charge in [-0.1, -0.05) is 18.2 Å². The second kappa shape index (κ2) is 6.76. The molecule has 0 bridgehead atoms. The Bertz CT molecular complexity index is 914. The molecule has 2 fully saturated rings. The molecule has 2 aliphatic rings. The highest BCUT2D eigenvalue weighted by Gasteiger charge is 2.39. The van der Waals surface area contributed by atoms with Gasteiger partial charge < -0.3 is 9.80 Å². The van der Waals surface area contributed by atoms with E-state index in [4.69, 9.17) is 0 Å². The molecule has 1 aromatic carbocycles. The molecule has 140 valence electrons. The van der Waals surface area contributed by atoms with E-state index in [-0.39, 0.29) is 37.8 Å². The molecule has 2 aliphatic heterocycles. The fourth-order valence-electron chi connectivity index (χ4n) is 3.90. The molecule has 0 radical (unpaired) electrons.